The molecule has 1 aliphatic rings. The van der Waals surface area contributed by atoms with Crippen molar-refractivity contribution in [2.75, 3.05) is 0 Å². The van der Waals surface area contributed by atoms with Gasteiger partial charge in [-0.2, -0.15) is 5.01 Å². The largest absolute Gasteiger partial charge is 0.507 e. The number of hydrazine groups is 1. The SMILES string of the molecule is O=C(NN1C(=O)/C(=C/c2cc3ccccc3nc2Cl)N=C1c1ccccc1)c1ccccc1O. The normalized spacial score (nSPS) is 14.5. The molecule has 2 N–H and O–H groups in total. The molecule has 34 heavy (non-hydrogen) atoms. The highest BCUT2D eigenvalue weighted by molar-refractivity contribution is 6.31. The minimum absolute atomic E-state index is 0.0296. The highest BCUT2D eigenvalue weighted by Gasteiger charge is 2.33. The van der Waals surface area contributed by atoms with Crippen LogP contribution in [0.1, 0.15) is 21.5 Å². The lowest BCUT2D eigenvalue weighted by Gasteiger charge is -2.19. The fraction of sp³-hybridized carbons (Fsp3) is 0. The lowest BCUT2D eigenvalue weighted by molar-refractivity contribution is -0.124. The Labute approximate surface area is 199 Å². The standard InChI is InChI=1S/C26H17ClN4O3/c27-23-18(14-17-10-4-6-12-20(17)28-23)15-21-26(34)31(24(29-21)16-8-2-1-3-9-16)30-25(33)19-11-5-7-13-22(19)32/h1-15,32H,(H,30,33)/b21-15-. The Balaban J connectivity index is 1.55. The number of carbonyl (C=O) groups excluding carboxylic acids is 2. The van der Waals surface area contributed by atoms with Gasteiger partial charge >= 0.3 is 0 Å². The smallest absolute Gasteiger partial charge is 0.297 e. The number of rotatable bonds is 4. The van der Waals surface area contributed by atoms with Crippen LogP contribution in [0, 0.1) is 0 Å². The fourth-order valence-corrected chi connectivity index (χ4v) is 3.79. The van der Waals surface area contributed by atoms with Gasteiger partial charge in [0, 0.05) is 16.5 Å². The number of hydrogen-bond acceptors (Lipinski definition) is 5. The third kappa shape index (κ3) is 4.00. The number of phenolic OH excluding ortho intramolecular Hbond substituents is 1. The number of aromatic hydroxyl groups is 1. The Hall–Kier alpha value is -4.49. The third-order valence-electron chi connectivity index (χ3n) is 5.25. The molecule has 1 aromatic heterocycles. The van der Waals surface area contributed by atoms with Gasteiger partial charge in [-0.1, -0.05) is 72.3 Å². The predicted molar refractivity (Wildman–Crippen MR) is 130 cm³/mol. The minimum atomic E-state index is -0.651. The molecule has 0 unspecified atom stereocenters. The van der Waals surface area contributed by atoms with Gasteiger partial charge in [0.25, 0.3) is 11.8 Å². The summed E-state index contributed by atoms with van der Waals surface area (Å²) in [5.41, 5.74) is 4.55. The average Bonchev–Trinajstić information content (AvgIpc) is 3.15. The Morgan fingerprint density at radius 2 is 1.68 bits per heavy atom. The molecular formula is C26H17ClN4O3. The van der Waals surface area contributed by atoms with Crippen LogP contribution in [-0.4, -0.2) is 32.7 Å². The van der Waals surface area contributed by atoms with Crippen molar-refractivity contribution < 1.29 is 14.7 Å². The molecule has 5 rings (SSSR count). The van der Waals surface area contributed by atoms with Crippen LogP contribution in [-0.2, 0) is 4.79 Å². The van der Waals surface area contributed by atoms with Gasteiger partial charge in [0.2, 0.25) is 0 Å². The predicted octanol–water partition coefficient (Wildman–Crippen LogP) is 4.57. The number of amidine groups is 1. The first-order chi connectivity index (χ1) is 16.5. The van der Waals surface area contributed by atoms with Gasteiger partial charge in [-0.15, -0.1) is 0 Å². The van der Waals surface area contributed by atoms with Crippen LogP contribution in [0.2, 0.25) is 5.15 Å². The molecule has 4 aromatic rings. The van der Waals surface area contributed by atoms with Gasteiger partial charge in [-0.25, -0.2) is 9.98 Å². The quantitative estimate of drug-likeness (QED) is 0.339. The monoisotopic (exact) mass is 468 g/mol. The summed E-state index contributed by atoms with van der Waals surface area (Å²) >= 11 is 6.37. The van der Waals surface area contributed by atoms with Crippen molar-refractivity contribution in [2.45, 2.75) is 0 Å². The number of aliphatic imine (C=N–C) groups is 1. The Morgan fingerprint density at radius 3 is 2.47 bits per heavy atom. The topological polar surface area (TPSA) is 94.9 Å². The van der Waals surface area contributed by atoms with E-state index >= 15 is 0 Å². The Bertz CT molecular complexity index is 1500. The van der Waals surface area contributed by atoms with Crippen molar-refractivity contribution in [3.8, 4) is 5.75 Å². The van der Waals surface area contributed by atoms with E-state index in [-0.39, 0.29) is 28.0 Å². The maximum atomic E-state index is 13.3. The summed E-state index contributed by atoms with van der Waals surface area (Å²) in [5, 5.41) is 12.2. The molecule has 2 heterocycles. The van der Waals surface area contributed by atoms with Crippen molar-refractivity contribution in [2.24, 2.45) is 4.99 Å². The number of amides is 2. The van der Waals surface area contributed by atoms with Crippen molar-refractivity contribution in [3.63, 3.8) is 0 Å². The fourth-order valence-electron chi connectivity index (χ4n) is 3.59. The van der Waals surface area contributed by atoms with Crippen LogP contribution in [0.25, 0.3) is 17.0 Å². The van der Waals surface area contributed by atoms with Gasteiger partial charge in [-0.05, 0) is 30.3 Å². The number of fused-ring (bicyclic) bond motifs is 1. The molecule has 7 nitrogen and oxygen atoms in total. The van der Waals surface area contributed by atoms with Crippen LogP contribution in [0.3, 0.4) is 0 Å². The van der Waals surface area contributed by atoms with E-state index in [4.69, 9.17) is 11.6 Å². The Morgan fingerprint density at radius 1 is 0.971 bits per heavy atom. The second kappa shape index (κ2) is 8.80. The molecule has 2 amide bonds. The number of pyridine rings is 1. The van der Waals surface area contributed by atoms with Crippen molar-refractivity contribution in [1.29, 1.82) is 0 Å². The van der Waals surface area contributed by atoms with Gasteiger partial charge in [-0.3, -0.25) is 15.0 Å². The number of hydrogen-bond donors (Lipinski definition) is 2. The van der Waals surface area contributed by atoms with Gasteiger partial charge in [0.1, 0.15) is 16.6 Å². The summed E-state index contributed by atoms with van der Waals surface area (Å²) in [7, 11) is 0. The van der Waals surface area contributed by atoms with Crippen LogP contribution >= 0.6 is 11.6 Å². The van der Waals surface area contributed by atoms with Crippen molar-refractivity contribution >= 4 is 46.2 Å². The highest BCUT2D eigenvalue weighted by Crippen LogP contribution is 2.26. The first-order valence-corrected chi connectivity index (χ1v) is 10.7. The van der Waals surface area contributed by atoms with Gasteiger partial charge in [0.15, 0.2) is 5.84 Å². The molecule has 166 valence electrons. The summed E-state index contributed by atoms with van der Waals surface area (Å²) in [6, 6.07) is 24.4. The van der Waals surface area contributed by atoms with Crippen LogP contribution in [0.5, 0.6) is 5.75 Å². The zero-order chi connectivity index (χ0) is 23.7. The van der Waals surface area contributed by atoms with E-state index in [9.17, 15) is 14.7 Å². The van der Waals surface area contributed by atoms with Crippen LogP contribution in [0.4, 0.5) is 0 Å². The van der Waals surface area contributed by atoms with E-state index < -0.39 is 11.8 Å². The average molecular weight is 469 g/mol. The summed E-state index contributed by atoms with van der Waals surface area (Å²) in [4.78, 5) is 35.0. The third-order valence-corrected chi connectivity index (χ3v) is 5.55. The maximum Gasteiger partial charge on any atom is 0.297 e. The first-order valence-electron chi connectivity index (χ1n) is 10.4. The first kappa shape index (κ1) is 21.4. The van der Waals surface area contributed by atoms with Gasteiger partial charge < -0.3 is 5.11 Å². The van der Waals surface area contributed by atoms with E-state index in [1.807, 2.05) is 36.4 Å². The van der Waals surface area contributed by atoms with E-state index in [0.29, 0.717) is 11.1 Å². The molecule has 8 heteroatoms. The Kier molecular flexibility index (Phi) is 5.53. The van der Waals surface area contributed by atoms with Crippen molar-refractivity contribution in [1.82, 2.24) is 15.4 Å². The molecular weight excluding hydrogens is 452 g/mol. The van der Waals surface area contributed by atoms with E-state index in [1.54, 1.807) is 42.5 Å². The zero-order valence-corrected chi connectivity index (χ0v) is 18.4. The lowest BCUT2D eigenvalue weighted by atomic mass is 10.1. The number of benzene rings is 3. The van der Waals surface area contributed by atoms with E-state index in [0.717, 1.165) is 15.9 Å². The molecule has 0 fully saturated rings. The maximum absolute atomic E-state index is 13.3. The van der Waals surface area contributed by atoms with Crippen molar-refractivity contribution in [3.05, 3.63) is 112 Å². The minimum Gasteiger partial charge on any atom is -0.507 e. The summed E-state index contributed by atoms with van der Waals surface area (Å²) in [6.07, 6.45) is 1.54. The van der Waals surface area contributed by atoms with Crippen LogP contribution < -0.4 is 5.43 Å². The molecule has 0 saturated heterocycles. The number of aromatic nitrogens is 1. The molecule has 0 aliphatic carbocycles. The molecule has 3 aromatic carbocycles. The number of halogens is 1. The summed E-state index contributed by atoms with van der Waals surface area (Å²) < 4.78 is 0. The molecule has 0 saturated carbocycles. The number of carbonyl (C=O) groups is 2. The lowest BCUT2D eigenvalue weighted by Crippen LogP contribution is -2.47. The van der Waals surface area contributed by atoms with E-state index in [2.05, 4.69) is 15.4 Å². The number of nitrogens with one attached hydrogen (secondary N) is 1. The molecule has 1 aliphatic heterocycles. The zero-order valence-electron chi connectivity index (χ0n) is 17.6. The second-order valence-corrected chi connectivity index (χ2v) is 7.85. The second-order valence-electron chi connectivity index (χ2n) is 7.49. The summed E-state index contributed by atoms with van der Waals surface area (Å²) in [6.45, 7) is 0. The molecule has 0 spiro atoms. The van der Waals surface area contributed by atoms with Gasteiger partial charge in [0.05, 0.1) is 11.1 Å². The number of phenols is 1. The van der Waals surface area contributed by atoms with E-state index in [1.165, 1.54) is 12.1 Å². The molecule has 0 bridgehead atoms. The molecule has 0 atom stereocenters. The summed E-state index contributed by atoms with van der Waals surface area (Å²) in [5.74, 6) is -1.16. The number of nitrogens with zero attached hydrogens (tertiary/aromatic N) is 3. The number of para-hydroxylation sites is 2. The molecule has 0 radical (unpaired) electrons. The van der Waals surface area contributed by atoms with Crippen LogP contribution in [0.15, 0.2) is 95.6 Å². The highest BCUT2D eigenvalue weighted by atomic mass is 35.5.